The Kier molecular flexibility index (Phi) is 7.43. The molecule has 0 spiro atoms. The van der Waals surface area contributed by atoms with E-state index in [0.717, 1.165) is 35.4 Å². The monoisotopic (exact) mass is 528 g/mol. The van der Waals surface area contributed by atoms with Gasteiger partial charge in [0.15, 0.2) is 0 Å². The van der Waals surface area contributed by atoms with Gasteiger partial charge in [-0.3, -0.25) is 0 Å². The van der Waals surface area contributed by atoms with E-state index in [4.69, 9.17) is 0 Å². The van der Waals surface area contributed by atoms with E-state index in [-0.39, 0.29) is 0 Å². The lowest BCUT2D eigenvalue weighted by Crippen LogP contribution is -2.04. The van der Waals surface area contributed by atoms with E-state index in [9.17, 15) is 26.3 Å². The van der Waals surface area contributed by atoms with Crippen molar-refractivity contribution in [2.75, 3.05) is 0 Å². The molecule has 2 N–H and O–H groups in total. The van der Waals surface area contributed by atoms with Crippen molar-refractivity contribution in [1.29, 1.82) is 0 Å². The van der Waals surface area contributed by atoms with Gasteiger partial charge in [-0.25, -0.2) is 9.97 Å². The molecule has 0 aliphatic heterocycles. The van der Waals surface area contributed by atoms with Gasteiger partial charge in [0.25, 0.3) is 0 Å². The van der Waals surface area contributed by atoms with Crippen LogP contribution in [0.25, 0.3) is 45.3 Å². The van der Waals surface area contributed by atoms with Crippen LogP contribution in [0.3, 0.4) is 0 Å². The molecule has 10 heteroatoms. The number of nitrogens with one attached hydrogen (secondary N) is 2. The molecule has 0 saturated carbocycles. The largest absolute Gasteiger partial charge is 0.416 e. The zero-order valence-corrected chi connectivity index (χ0v) is 20.2. The van der Waals surface area contributed by atoms with Crippen LogP contribution >= 0.6 is 0 Å². The zero-order valence-electron chi connectivity index (χ0n) is 20.2. The van der Waals surface area contributed by atoms with Gasteiger partial charge in [0.1, 0.15) is 11.6 Å². The summed E-state index contributed by atoms with van der Waals surface area (Å²) in [5.41, 5.74) is 2.44. The summed E-state index contributed by atoms with van der Waals surface area (Å²) in [7, 11) is 0. The smallest absolute Gasteiger partial charge is 0.338 e. The predicted octanol–water partition coefficient (Wildman–Crippen LogP) is 8.86. The number of rotatable bonds is 4. The summed E-state index contributed by atoms with van der Waals surface area (Å²) in [6, 6.07) is 16.8. The summed E-state index contributed by atoms with van der Waals surface area (Å²) < 4.78 is 76.9. The Morgan fingerprint density at radius 1 is 0.526 bits per heavy atom. The number of benzene rings is 3. The van der Waals surface area contributed by atoms with Crippen LogP contribution in [0.1, 0.15) is 25.0 Å². The first-order valence-corrected chi connectivity index (χ1v) is 11.6. The molecular formula is C28H22F6N4. The third-order valence-electron chi connectivity index (χ3n) is 5.61. The molecule has 0 amide bonds. The third-order valence-corrected chi connectivity index (χ3v) is 5.61. The van der Waals surface area contributed by atoms with E-state index in [1.54, 1.807) is 12.4 Å². The number of H-pyrrole nitrogens is 2. The molecule has 0 unspecified atom stereocenters. The van der Waals surface area contributed by atoms with E-state index >= 15 is 0 Å². The second kappa shape index (κ2) is 10.6. The maximum absolute atomic E-state index is 12.8. The molecule has 0 saturated heterocycles. The average Bonchev–Trinajstić information content (AvgIpc) is 3.60. The molecule has 2 heterocycles. The summed E-state index contributed by atoms with van der Waals surface area (Å²) in [6.45, 7) is 4.00. The molecule has 0 atom stereocenters. The SMILES string of the molecule is CC.FC(F)(F)c1ccc(-c2ncc(-c3cccc(-c4cnc(-c5ccc(C(F)(F)F)cc5)[nH]4)c3)[nH]2)cc1. The summed E-state index contributed by atoms with van der Waals surface area (Å²) in [5.74, 6) is 0.852. The van der Waals surface area contributed by atoms with Crippen LogP contribution in [0, 0.1) is 0 Å². The fourth-order valence-electron chi connectivity index (χ4n) is 3.72. The molecule has 0 aliphatic carbocycles. The van der Waals surface area contributed by atoms with Gasteiger partial charge in [0.05, 0.1) is 34.9 Å². The van der Waals surface area contributed by atoms with Gasteiger partial charge in [-0.1, -0.05) is 56.3 Å². The minimum atomic E-state index is -4.41. The van der Waals surface area contributed by atoms with Gasteiger partial charge in [-0.15, -0.1) is 0 Å². The Balaban J connectivity index is 0.00000164. The molecule has 38 heavy (non-hydrogen) atoms. The maximum atomic E-state index is 12.8. The number of alkyl halides is 6. The summed E-state index contributed by atoms with van der Waals surface area (Å²) >= 11 is 0. The molecule has 4 nitrogen and oxygen atoms in total. The Morgan fingerprint density at radius 3 is 1.24 bits per heavy atom. The van der Waals surface area contributed by atoms with Crippen molar-refractivity contribution in [3.8, 4) is 45.3 Å². The Morgan fingerprint density at radius 2 is 0.895 bits per heavy atom. The summed E-state index contributed by atoms with van der Waals surface area (Å²) in [5, 5.41) is 0. The van der Waals surface area contributed by atoms with Crippen LogP contribution in [0.5, 0.6) is 0 Å². The van der Waals surface area contributed by atoms with Crippen molar-refractivity contribution in [2.24, 2.45) is 0 Å². The van der Waals surface area contributed by atoms with E-state index in [0.29, 0.717) is 34.2 Å². The van der Waals surface area contributed by atoms with Crippen molar-refractivity contribution in [2.45, 2.75) is 26.2 Å². The standard InChI is InChI=1S/C26H16F6N4.C2H6/c27-25(28,29)19-8-4-15(5-9-19)23-33-13-21(35-23)17-2-1-3-18(12-17)22-14-34-24(36-22)16-6-10-20(11-7-16)26(30,31)32;1-2/h1-14H,(H,33,35)(H,34,36);1-2H3. The molecule has 5 aromatic rings. The highest BCUT2D eigenvalue weighted by Gasteiger charge is 2.30. The fourth-order valence-corrected chi connectivity index (χ4v) is 3.72. The second-order valence-electron chi connectivity index (χ2n) is 8.02. The van der Waals surface area contributed by atoms with Crippen molar-refractivity contribution in [3.63, 3.8) is 0 Å². The zero-order chi connectivity index (χ0) is 27.5. The van der Waals surface area contributed by atoms with Crippen molar-refractivity contribution in [3.05, 3.63) is 96.3 Å². The lowest BCUT2D eigenvalue weighted by molar-refractivity contribution is -0.138. The minimum Gasteiger partial charge on any atom is -0.338 e. The normalized spacial score (nSPS) is 11.7. The topological polar surface area (TPSA) is 57.4 Å². The highest BCUT2D eigenvalue weighted by Crippen LogP contribution is 2.33. The first-order chi connectivity index (χ1) is 18.1. The van der Waals surface area contributed by atoms with Gasteiger partial charge in [-0.05, 0) is 30.3 Å². The van der Waals surface area contributed by atoms with E-state index in [1.165, 1.54) is 24.3 Å². The van der Waals surface area contributed by atoms with E-state index in [1.807, 2.05) is 38.1 Å². The van der Waals surface area contributed by atoms with Crippen LogP contribution in [0.2, 0.25) is 0 Å². The maximum Gasteiger partial charge on any atom is 0.416 e. The number of halogens is 6. The quantitative estimate of drug-likeness (QED) is 0.229. The molecule has 0 bridgehead atoms. The second-order valence-corrected chi connectivity index (χ2v) is 8.02. The van der Waals surface area contributed by atoms with Crippen LogP contribution in [-0.2, 0) is 12.4 Å². The highest BCUT2D eigenvalue weighted by atomic mass is 19.4. The number of hydrogen-bond donors (Lipinski definition) is 2. The van der Waals surface area contributed by atoms with Gasteiger partial charge in [-0.2, -0.15) is 26.3 Å². The van der Waals surface area contributed by atoms with E-state index < -0.39 is 23.5 Å². The minimum absolute atomic E-state index is 0.426. The highest BCUT2D eigenvalue weighted by molar-refractivity contribution is 5.72. The molecular weight excluding hydrogens is 506 g/mol. The van der Waals surface area contributed by atoms with Crippen LogP contribution in [-0.4, -0.2) is 19.9 Å². The predicted molar refractivity (Wildman–Crippen MR) is 134 cm³/mol. The number of nitrogens with zero attached hydrogens (tertiary/aromatic N) is 2. The molecule has 196 valence electrons. The summed E-state index contributed by atoms with van der Waals surface area (Å²) in [6.07, 6.45) is -5.64. The van der Waals surface area contributed by atoms with Crippen LogP contribution in [0.15, 0.2) is 85.2 Å². The first-order valence-electron chi connectivity index (χ1n) is 11.6. The van der Waals surface area contributed by atoms with E-state index in [2.05, 4.69) is 19.9 Å². The Hall–Kier alpha value is -4.34. The van der Waals surface area contributed by atoms with Crippen LogP contribution in [0.4, 0.5) is 26.3 Å². The van der Waals surface area contributed by atoms with Gasteiger partial charge in [0.2, 0.25) is 0 Å². The molecule has 0 radical (unpaired) electrons. The third kappa shape index (κ3) is 5.80. The molecule has 0 fully saturated rings. The Labute approximate surface area is 214 Å². The molecule has 5 rings (SSSR count). The first kappa shape index (κ1) is 26.7. The van der Waals surface area contributed by atoms with Crippen molar-refractivity contribution < 1.29 is 26.3 Å². The van der Waals surface area contributed by atoms with Gasteiger partial charge in [0, 0.05) is 22.3 Å². The van der Waals surface area contributed by atoms with Crippen LogP contribution < -0.4 is 0 Å². The lowest BCUT2D eigenvalue weighted by atomic mass is 10.1. The average molecular weight is 529 g/mol. The molecule has 3 aromatic carbocycles. The fraction of sp³-hybridized carbons (Fsp3) is 0.143. The number of imidazole rings is 2. The van der Waals surface area contributed by atoms with Crippen molar-refractivity contribution >= 4 is 0 Å². The number of aromatic nitrogens is 4. The van der Waals surface area contributed by atoms with Gasteiger partial charge >= 0.3 is 12.4 Å². The molecule has 2 aromatic heterocycles. The Bertz CT molecular complexity index is 1380. The lowest BCUT2D eigenvalue weighted by Gasteiger charge is -2.06. The van der Waals surface area contributed by atoms with Crippen molar-refractivity contribution in [1.82, 2.24) is 19.9 Å². The number of aromatic amines is 2. The number of hydrogen-bond acceptors (Lipinski definition) is 2. The summed E-state index contributed by atoms with van der Waals surface area (Å²) in [4.78, 5) is 14.8. The molecule has 0 aliphatic rings. The van der Waals surface area contributed by atoms with Gasteiger partial charge < -0.3 is 9.97 Å².